The van der Waals surface area contributed by atoms with Crippen LogP contribution in [0.5, 0.6) is 0 Å². The van der Waals surface area contributed by atoms with Gasteiger partial charge >= 0.3 is 0 Å². The first-order valence-corrected chi connectivity index (χ1v) is 8.18. The molecule has 0 saturated carbocycles. The molecule has 0 aliphatic heterocycles. The summed E-state index contributed by atoms with van der Waals surface area (Å²) in [4.78, 5) is 0.334. The molecule has 0 radical (unpaired) electrons. The highest BCUT2D eigenvalue weighted by atomic mass is 32.2. The Kier molecular flexibility index (Phi) is 4.64. The third-order valence-corrected chi connectivity index (χ3v) is 5.40. The minimum absolute atomic E-state index is 0.0744. The van der Waals surface area contributed by atoms with Gasteiger partial charge in [-0.15, -0.1) is 12.3 Å². The van der Waals surface area contributed by atoms with Gasteiger partial charge < -0.3 is 0 Å². The monoisotopic (exact) mass is 289 g/mol. The molecule has 0 N–H and O–H groups in total. The van der Waals surface area contributed by atoms with Crippen molar-refractivity contribution in [2.75, 3.05) is 6.54 Å². The standard InChI is InChI=1S/C16H19NO2S/c1-3-4-13-17(15-7-5-6-8-15)20(18,19)16-11-9-14(2)10-12-16/h1,5,7,9-12,15H,4,6,8,13H2,2H3. The summed E-state index contributed by atoms with van der Waals surface area (Å²) in [6.45, 7) is 2.30. The third kappa shape index (κ3) is 3.12. The quantitative estimate of drug-likeness (QED) is 0.617. The maximum absolute atomic E-state index is 12.8. The largest absolute Gasteiger partial charge is 0.243 e. The number of hydrogen-bond acceptors (Lipinski definition) is 2. The van der Waals surface area contributed by atoms with E-state index in [1.807, 2.05) is 31.2 Å². The first-order valence-electron chi connectivity index (χ1n) is 6.74. The summed E-state index contributed by atoms with van der Waals surface area (Å²) < 4.78 is 27.0. The summed E-state index contributed by atoms with van der Waals surface area (Å²) in [5.41, 5.74) is 1.04. The Labute approximate surface area is 121 Å². The van der Waals surface area contributed by atoms with Crippen molar-refractivity contribution in [3.63, 3.8) is 0 Å². The number of nitrogens with zero attached hydrogens (tertiary/aromatic N) is 1. The van der Waals surface area contributed by atoms with Crippen molar-refractivity contribution in [3.05, 3.63) is 42.0 Å². The zero-order chi connectivity index (χ0) is 14.6. The summed E-state index contributed by atoms with van der Waals surface area (Å²) in [5, 5.41) is 0. The van der Waals surface area contributed by atoms with Gasteiger partial charge in [0.1, 0.15) is 0 Å². The molecule has 0 heterocycles. The Morgan fingerprint density at radius 3 is 2.60 bits per heavy atom. The van der Waals surface area contributed by atoms with Crippen molar-refractivity contribution >= 4 is 10.0 Å². The highest BCUT2D eigenvalue weighted by Crippen LogP contribution is 2.24. The van der Waals surface area contributed by atoms with E-state index in [1.54, 1.807) is 12.1 Å². The van der Waals surface area contributed by atoms with Gasteiger partial charge in [0.2, 0.25) is 10.0 Å². The lowest BCUT2D eigenvalue weighted by Crippen LogP contribution is -2.39. The number of hydrogen-bond donors (Lipinski definition) is 0. The molecule has 0 spiro atoms. The summed E-state index contributed by atoms with van der Waals surface area (Å²) >= 11 is 0. The number of terminal acetylenes is 1. The molecular weight excluding hydrogens is 270 g/mol. The topological polar surface area (TPSA) is 37.4 Å². The fraction of sp³-hybridized carbons (Fsp3) is 0.375. The average Bonchev–Trinajstić information content (AvgIpc) is 2.93. The van der Waals surface area contributed by atoms with E-state index < -0.39 is 10.0 Å². The second-order valence-corrected chi connectivity index (χ2v) is 6.85. The van der Waals surface area contributed by atoms with Crippen molar-refractivity contribution in [2.45, 2.75) is 37.1 Å². The molecule has 1 aromatic rings. The van der Waals surface area contributed by atoms with Crippen LogP contribution < -0.4 is 0 Å². The summed E-state index contributed by atoms with van der Waals surface area (Å²) in [6.07, 6.45) is 11.4. The Bertz CT molecular complexity index is 623. The van der Waals surface area contributed by atoms with Crippen molar-refractivity contribution in [2.24, 2.45) is 0 Å². The molecule has 0 saturated heterocycles. The zero-order valence-electron chi connectivity index (χ0n) is 11.6. The van der Waals surface area contributed by atoms with E-state index in [4.69, 9.17) is 6.42 Å². The van der Waals surface area contributed by atoms with Crippen LogP contribution in [0.1, 0.15) is 24.8 Å². The Morgan fingerprint density at radius 1 is 1.35 bits per heavy atom. The molecule has 1 unspecified atom stereocenters. The Morgan fingerprint density at radius 2 is 2.05 bits per heavy atom. The van der Waals surface area contributed by atoms with E-state index >= 15 is 0 Å². The van der Waals surface area contributed by atoms with E-state index in [1.165, 1.54) is 4.31 Å². The molecule has 0 bridgehead atoms. The molecule has 1 aromatic carbocycles. The normalized spacial score (nSPS) is 18.4. The predicted octanol–water partition coefficient (Wildman–Crippen LogP) is 2.73. The fourth-order valence-corrected chi connectivity index (χ4v) is 3.96. The maximum Gasteiger partial charge on any atom is 0.243 e. The average molecular weight is 289 g/mol. The number of sulfonamides is 1. The van der Waals surface area contributed by atoms with Crippen LogP contribution >= 0.6 is 0 Å². The number of allylic oxidation sites excluding steroid dienone is 1. The minimum Gasteiger partial charge on any atom is -0.207 e. The van der Waals surface area contributed by atoms with Crippen LogP contribution in [0.15, 0.2) is 41.3 Å². The molecule has 0 fully saturated rings. The van der Waals surface area contributed by atoms with Gasteiger partial charge in [0.05, 0.1) is 4.90 Å². The van der Waals surface area contributed by atoms with Crippen molar-refractivity contribution < 1.29 is 8.42 Å². The molecule has 2 rings (SSSR count). The Hall–Kier alpha value is -1.57. The molecule has 1 aliphatic rings. The van der Waals surface area contributed by atoms with Crippen LogP contribution in [0, 0.1) is 19.3 Å². The molecule has 3 nitrogen and oxygen atoms in total. The predicted molar refractivity (Wildman–Crippen MR) is 80.7 cm³/mol. The van der Waals surface area contributed by atoms with Gasteiger partial charge in [-0.1, -0.05) is 29.8 Å². The lowest BCUT2D eigenvalue weighted by molar-refractivity contribution is 0.364. The van der Waals surface area contributed by atoms with E-state index in [-0.39, 0.29) is 6.04 Å². The van der Waals surface area contributed by atoms with Crippen LogP contribution in [0.4, 0.5) is 0 Å². The van der Waals surface area contributed by atoms with E-state index in [0.29, 0.717) is 17.9 Å². The second kappa shape index (κ2) is 6.25. The molecule has 4 heteroatoms. The van der Waals surface area contributed by atoms with Crippen LogP contribution in [-0.2, 0) is 10.0 Å². The van der Waals surface area contributed by atoms with Crippen LogP contribution in [0.2, 0.25) is 0 Å². The molecule has 106 valence electrons. The van der Waals surface area contributed by atoms with E-state index in [0.717, 1.165) is 18.4 Å². The van der Waals surface area contributed by atoms with Gasteiger partial charge in [-0.2, -0.15) is 4.31 Å². The second-order valence-electron chi connectivity index (χ2n) is 4.96. The molecule has 1 atom stereocenters. The molecule has 0 amide bonds. The lowest BCUT2D eigenvalue weighted by atomic mass is 10.2. The smallest absolute Gasteiger partial charge is 0.207 e. The van der Waals surface area contributed by atoms with Gasteiger partial charge in [0.25, 0.3) is 0 Å². The number of benzene rings is 1. The number of aryl methyl sites for hydroxylation is 1. The summed E-state index contributed by atoms with van der Waals surface area (Å²) in [7, 11) is -3.49. The van der Waals surface area contributed by atoms with Gasteiger partial charge in [-0.25, -0.2) is 8.42 Å². The molecule has 20 heavy (non-hydrogen) atoms. The molecular formula is C16H19NO2S. The maximum atomic E-state index is 12.8. The van der Waals surface area contributed by atoms with Crippen LogP contribution in [-0.4, -0.2) is 25.3 Å². The van der Waals surface area contributed by atoms with Gasteiger partial charge in [-0.05, 0) is 31.9 Å². The van der Waals surface area contributed by atoms with Crippen molar-refractivity contribution in [3.8, 4) is 12.3 Å². The first kappa shape index (κ1) is 14.8. The number of rotatable bonds is 5. The van der Waals surface area contributed by atoms with Crippen LogP contribution in [0.25, 0.3) is 0 Å². The SMILES string of the molecule is C#CCCN(C1C=CCC1)S(=O)(=O)c1ccc(C)cc1. The summed E-state index contributed by atoms with van der Waals surface area (Å²) in [5.74, 6) is 2.52. The fourth-order valence-electron chi connectivity index (χ4n) is 2.34. The molecule has 0 aromatic heterocycles. The highest BCUT2D eigenvalue weighted by Gasteiger charge is 2.30. The Balaban J connectivity index is 2.33. The van der Waals surface area contributed by atoms with Crippen molar-refractivity contribution in [1.29, 1.82) is 0 Å². The van der Waals surface area contributed by atoms with Crippen molar-refractivity contribution in [1.82, 2.24) is 4.31 Å². The van der Waals surface area contributed by atoms with E-state index in [2.05, 4.69) is 5.92 Å². The first-order chi connectivity index (χ1) is 9.55. The summed E-state index contributed by atoms with van der Waals surface area (Å²) in [6, 6.07) is 6.88. The lowest BCUT2D eigenvalue weighted by Gasteiger charge is -2.26. The third-order valence-electron chi connectivity index (χ3n) is 3.46. The van der Waals surface area contributed by atoms with Crippen LogP contribution in [0.3, 0.4) is 0 Å². The van der Waals surface area contributed by atoms with Gasteiger partial charge in [-0.3, -0.25) is 0 Å². The van der Waals surface area contributed by atoms with E-state index in [9.17, 15) is 8.42 Å². The molecule has 1 aliphatic carbocycles. The van der Waals surface area contributed by atoms with Gasteiger partial charge in [0.15, 0.2) is 0 Å². The zero-order valence-corrected chi connectivity index (χ0v) is 12.4. The highest BCUT2D eigenvalue weighted by molar-refractivity contribution is 7.89. The minimum atomic E-state index is -3.49. The van der Waals surface area contributed by atoms with Gasteiger partial charge in [0, 0.05) is 19.0 Å².